The molecule has 1 aliphatic carbocycles. The van der Waals surface area contributed by atoms with Gasteiger partial charge in [-0.2, -0.15) is 0 Å². The smallest absolute Gasteiger partial charge is 0.154 e. The second-order valence-electron chi connectivity index (χ2n) is 5.48. The Morgan fingerprint density at radius 2 is 1.90 bits per heavy atom. The maximum absolute atomic E-state index is 13.1. The fourth-order valence-corrected chi connectivity index (χ4v) is 5.29. The summed E-state index contributed by atoms with van der Waals surface area (Å²) < 4.78 is 43.3. The fourth-order valence-electron chi connectivity index (χ4n) is 3.14. The number of hydrogen-bond donors (Lipinski definition) is 1. The summed E-state index contributed by atoms with van der Waals surface area (Å²) in [7, 11) is -3.24. The first-order valence-corrected chi connectivity index (χ1v) is 8.89. The van der Waals surface area contributed by atoms with Crippen LogP contribution in [0.4, 0.5) is 4.39 Å². The molecule has 118 valence electrons. The van der Waals surface area contributed by atoms with Gasteiger partial charge in [-0.15, -0.1) is 0 Å². The normalized spacial score (nSPS) is 28.6. The largest absolute Gasteiger partial charge is 0.381 e. The van der Waals surface area contributed by atoms with Crippen LogP contribution >= 0.6 is 0 Å². The van der Waals surface area contributed by atoms with Gasteiger partial charge >= 0.3 is 0 Å². The predicted octanol–water partition coefficient (Wildman–Crippen LogP) is 1.71. The summed E-state index contributed by atoms with van der Waals surface area (Å²) in [5, 5.41) is -0.544. The van der Waals surface area contributed by atoms with Gasteiger partial charge in [0.05, 0.1) is 11.9 Å². The number of halogens is 1. The summed E-state index contributed by atoms with van der Waals surface area (Å²) in [5.74, 6) is -0.486. The highest BCUT2D eigenvalue weighted by molar-refractivity contribution is 7.92. The highest BCUT2D eigenvalue weighted by Crippen LogP contribution is 2.62. The second kappa shape index (κ2) is 6.02. The molecule has 0 unspecified atom stereocenters. The maximum atomic E-state index is 13.1. The van der Waals surface area contributed by atoms with Gasteiger partial charge in [-0.3, -0.25) is 0 Å². The summed E-state index contributed by atoms with van der Waals surface area (Å²) in [5.41, 5.74) is 6.10. The number of ether oxygens (including phenoxy) is 1. The Bertz CT molecular complexity index is 587. The maximum Gasteiger partial charge on any atom is 0.154 e. The van der Waals surface area contributed by atoms with Crippen molar-refractivity contribution in [1.82, 2.24) is 0 Å². The van der Waals surface area contributed by atoms with Crippen molar-refractivity contribution in [3.63, 3.8) is 0 Å². The third-order valence-corrected chi connectivity index (χ3v) is 6.67. The van der Waals surface area contributed by atoms with Crippen LogP contribution in [0.15, 0.2) is 24.3 Å². The van der Waals surface area contributed by atoms with Crippen molar-refractivity contribution in [2.45, 2.75) is 25.0 Å². The standard InChI is InChI=1S/C15H22FNO3S/c1-3-20-10-15(9-17)13(14(15)21(18,19)4-2)11-5-7-12(16)8-6-11/h5-8,13-14H,3-4,9-10,17H2,1-2H3/t13-,14+,15+/m0/s1. The molecule has 0 heterocycles. The lowest BCUT2D eigenvalue weighted by molar-refractivity contribution is 0.101. The fraction of sp³-hybridized carbons (Fsp3) is 0.600. The molecule has 0 spiro atoms. The monoisotopic (exact) mass is 315 g/mol. The first kappa shape index (κ1) is 16.4. The zero-order valence-corrected chi connectivity index (χ0v) is 13.2. The first-order chi connectivity index (χ1) is 9.93. The van der Waals surface area contributed by atoms with Crippen molar-refractivity contribution in [2.24, 2.45) is 11.1 Å². The lowest BCUT2D eigenvalue weighted by atomic mass is 10.00. The van der Waals surface area contributed by atoms with E-state index >= 15 is 0 Å². The molecule has 21 heavy (non-hydrogen) atoms. The van der Waals surface area contributed by atoms with Crippen molar-refractivity contribution in [2.75, 3.05) is 25.5 Å². The van der Waals surface area contributed by atoms with Gasteiger partial charge in [0.2, 0.25) is 0 Å². The van der Waals surface area contributed by atoms with Gasteiger partial charge in [-0.1, -0.05) is 19.1 Å². The Kier molecular flexibility index (Phi) is 4.70. The lowest BCUT2D eigenvalue weighted by Gasteiger charge is -2.15. The molecule has 0 bridgehead atoms. The molecule has 1 saturated carbocycles. The highest BCUT2D eigenvalue weighted by Gasteiger charge is 2.69. The third-order valence-electron chi connectivity index (χ3n) is 4.35. The topological polar surface area (TPSA) is 69.4 Å². The van der Waals surface area contributed by atoms with Gasteiger partial charge in [0.25, 0.3) is 0 Å². The Labute approximate surface area is 125 Å². The molecule has 0 saturated heterocycles. The molecule has 4 nitrogen and oxygen atoms in total. The molecule has 2 rings (SSSR count). The summed E-state index contributed by atoms with van der Waals surface area (Å²) >= 11 is 0. The summed E-state index contributed by atoms with van der Waals surface area (Å²) in [4.78, 5) is 0. The second-order valence-corrected chi connectivity index (χ2v) is 7.89. The minimum atomic E-state index is -3.24. The van der Waals surface area contributed by atoms with Crippen LogP contribution in [-0.4, -0.2) is 39.2 Å². The van der Waals surface area contributed by atoms with Crippen molar-refractivity contribution in [3.8, 4) is 0 Å². The van der Waals surface area contributed by atoms with Gasteiger partial charge in [0, 0.05) is 30.2 Å². The highest BCUT2D eigenvalue weighted by atomic mass is 32.2. The number of rotatable bonds is 7. The Morgan fingerprint density at radius 1 is 1.29 bits per heavy atom. The molecule has 1 aliphatic rings. The molecule has 1 aromatic rings. The minimum Gasteiger partial charge on any atom is -0.381 e. The minimum absolute atomic E-state index is 0.0727. The SMILES string of the molecule is CCOC[C@@]1(CN)[C@H](S(=O)(=O)CC)[C@@H]1c1ccc(F)cc1. The van der Waals surface area contributed by atoms with Crippen LogP contribution in [0, 0.1) is 11.2 Å². The summed E-state index contributed by atoms with van der Waals surface area (Å²) in [6, 6.07) is 5.99. The van der Waals surface area contributed by atoms with Gasteiger partial charge in [0.1, 0.15) is 5.82 Å². The van der Waals surface area contributed by atoms with E-state index in [9.17, 15) is 12.8 Å². The molecule has 0 aromatic heterocycles. The Hall–Kier alpha value is -0.980. The van der Waals surface area contributed by atoms with Crippen LogP contribution in [0.3, 0.4) is 0 Å². The molecule has 0 radical (unpaired) electrons. The van der Waals surface area contributed by atoms with Gasteiger partial charge < -0.3 is 10.5 Å². The van der Waals surface area contributed by atoms with Crippen molar-refractivity contribution in [1.29, 1.82) is 0 Å². The van der Waals surface area contributed by atoms with E-state index in [1.165, 1.54) is 12.1 Å². The van der Waals surface area contributed by atoms with Crippen LogP contribution in [-0.2, 0) is 14.6 Å². The molecular formula is C15H22FNO3S. The molecule has 2 N–H and O–H groups in total. The molecular weight excluding hydrogens is 293 g/mol. The molecule has 1 fully saturated rings. The molecule has 1 aromatic carbocycles. The van der Waals surface area contributed by atoms with Crippen LogP contribution in [0.5, 0.6) is 0 Å². The number of nitrogens with two attached hydrogens (primary N) is 1. The van der Waals surface area contributed by atoms with Gasteiger partial charge in [-0.25, -0.2) is 12.8 Å². The first-order valence-electron chi connectivity index (χ1n) is 7.17. The average molecular weight is 315 g/mol. The van der Waals surface area contributed by atoms with E-state index in [-0.39, 0.29) is 24.0 Å². The van der Waals surface area contributed by atoms with Crippen molar-refractivity contribution >= 4 is 9.84 Å². The van der Waals surface area contributed by atoms with Crippen molar-refractivity contribution < 1.29 is 17.5 Å². The molecule has 0 aliphatic heterocycles. The van der Waals surface area contributed by atoms with Crippen molar-refractivity contribution in [3.05, 3.63) is 35.6 Å². The number of benzene rings is 1. The van der Waals surface area contributed by atoms with E-state index in [0.29, 0.717) is 13.2 Å². The summed E-state index contributed by atoms with van der Waals surface area (Å²) in [6.45, 7) is 4.56. The molecule has 6 heteroatoms. The van der Waals surface area contributed by atoms with E-state index in [4.69, 9.17) is 10.5 Å². The van der Waals surface area contributed by atoms with Crippen LogP contribution in [0.1, 0.15) is 25.3 Å². The van der Waals surface area contributed by atoms with E-state index in [1.54, 1.807) is 19.1 Å². The van der Waals surface area contributed by atoms with Gasteiger partial charge in [-0.05, 0) is 24.6 Å². The Balaban J connectivity index is 2.38. The summed E-state index contributed by atoms with van der Waals surface area (Å²) in [6.07, 6.45) is 0. The van der Waals surface area contributed by atoms with Crippen LogP contribution in [0.25, 0.3) is 0 Å². The van der Waals surface area contributed by atoms with Crippen LogP contribution < -0.4 is 5.73 Å². The average Bonchev–Trinajstić information content (AvgIpc) is 3.16. The molecule has 3 atom stereocenters. The number of sulfone groups is 1. The van der Waals surface area contributed by atoms with E-state index in [2.05, 4.69) is 0 Å². The van der Waals surface area contributed by atoms with E-state index in [0.717, 1.165) is 5.56 Å². The van der Waals surface area contributed by atoms with Crippen LogP contribution in [0.2, 0.25) is 0 Å². The predicted molar refractivity (Wildman–Crippen MR) is 80.4 cm³/mol. The zero-order valence-electron chi connectivity index (χ0n) is 12.4. The van der Waals surface area contributed by atoms with Gasteiger partial charge in [0.15, 0.2) is 9.84 Å². The lowest BCUT2D eigenvalue weighted by Crippen LogP contribution is -2.29. The number of hydrogen-bond acceptors (Lipinski definition) is 4. The quantitative estimate of drug-likeness (QED) is 0.831. The van der Waals surface area contributed by atoms with E-state index in [1.807, 2.05) is 6.92 Å². The molecule has 0 amide bonds. The van der Waals surface area contributed by atoms with E-state index < -0.39 is 20.5 Å². The Morgan fingerprint density at radius 3 is 2.38 bits per heavy atom. The third kappa shape index (κ3) is 2.84. The zero-order chi connectivity index (χ0) is 15.7.